The number of ether oxygens (including phenoxy) is 2. The molecule has 0 radical (unpaired) electrons. The van der Waals surface area contributed by atoms with Crippen LogP contribution >= 0.6 is 11.6 Å². The normalized spacial score (nSPS) is 11.0. The van der Waals surface area contributed by atoms with Gasteiger partial charge in [-0.2, -0.15) is 0 Å². The van der Waals surface area contributed by atoms with Crippen molar-refractivity contribution in [2.75, 3.05) is 24.3 Å². The summed E-state index contributed by atoms with van der Waals surface area (Å²) in [7, 11) is -1.41. The van der Waals surface area contributed by atoms with Crippen LogP contribution in [0.25, 0.3) is 0 Å². The minimum atomic E-state index is -4.35. The Morgan fingerprint density at radius 1 is 0.968 bits per heavy atom. The van der Waals surface area contributed by atoms with Gasteiger partial charge in [-0.3, -0.25) is 9.52 Å². The first-order chi connectivity index (χ1) is 14.8. The Labute approximate surface area is 183 Å². The van der Waals surface area contributed by atoms with E-state index in [1.54, 1.807) is 24.3 Å². The van der Waals surface area contributed by atoms with Crippen LogP contribution in [-0.4, -0.2) is 28.5 Å². The summed E-state index contributed by atoms with van der Waals surface area (Å²) in [4.78, 5) is 12.2. The number of rotatable bonds is 7. The third-order valence-corrected chi connectivity index (χ3v) is 5.95. The lowest BCUT2D eigenvalue weighted by Gasteiger charge is -2.15. The van der Waals surface area contributed by atoms with E-state index in [4.69, 9.17) is 21.1 Å². The van der Waals surface area contributed by atoms with Crippen molar-refractivity contribution in [2.24, 2.45) is 0 Å². The summed E-state index contributed by atoms with van der Waals surface area (Å²) < 4.78 is 52.3. The summed E-state index contributed by atoms with van der Waals surface area (Å²) in [6, 6.07) is 14.4. The van der Waals surface area contributed by atoms with Gasteiger partial charge in [0.15, 0.2) is 5.82 Å². The quantitative estimate of drug-likeness (QED) is 0.535. The summed E-state index contributed by atoms with van der Waals surface area (Å²) in [5.41, 5.74) is 0.338. The number of anilines is 2. The molecule has 1 amide bonds. The van der Waals surface area contributed by atoms with Crippen molar-refractivity contribution in [2.45, 2.75) is 4.90 Å². The standard InChI is InChI=1S/C21H18ClFN2O5S/c1-29-13-10-11-17(18(12-13)30-2)24-21(26)14-6-3-4-8-16(14)25-31(27,28)19-9-5-7-15(22)20(19)23/h3-12,25H,1-2H3,(H,24,26). The molecule has 31 heavy (non-hydrogen) atoms. The van der Waals surface area contributed by atoms with Gasteiger partial charge in [-0.1, -0.05) is 29.8 Å². The largest absolute Gasteiger partial charge is 0.497 e. The van der Waals surface area contributed by atoms with E-state index in [0.29, 0.717) is 17.2 Å². The number of nitrogens with one attached hydrogen (secondary N) is 2. The Morgan fingerprint density at radius 2 is 1.71 bits per heavy atom. The Balaban J connectivity index is 1.92. The molecule has 7 nitrogen and oxygen atoms in total. The number of para-hydroxylation sites is 1. The first-order valence-electron chi connectivity index (χ1n) is 8.86. The zero-order valence-electron chi connectivity index (χ0n) is 16.5. The van der Waals surface area contributed by atoms with Crippen LogP contribution in [0.3, 0.4) is 0 Å². The SMILES string of the molecule is COc1ccc(NC(=O)c2ccccc2NS(=O)(=O)c2cccc(Cl)c2F)c(OC)c1. The fraction of sp³-hybridized carbons (Fsp3) is 0.0952. The lowest BCUT2D eigenvalue weighted by Crippen LogP contribution is -2.19. The van der Waals surface area contributed by atoms with Crippen LogP contribution < -0.4 is 19.5 Å². The second-order valence-electron chi connectivity index (χ2n) is 6.22. The lowest BCUT2D eigenvalue weighted by atomic mass is 10.1. The van der Waals surface area contributed by atoms with E-state index in [0.717, 1.165) is 6.07 Å². The summed E-state index contributed by atoms with van der Waals surface area (Å²) in [6.07, 6.45) is 0. The molecule has 0 heterocycles. The Hall–Kier alpha value is -3.30. The number of benzene rings is 3. The Kier molecular flexibility index (Phi) is 6.67. The molecular weight excluding hydrogens is 447 g/mol. The van der Waals surface area contributed by atoms with Gasteiger partial charge in [-0.15, -0.1) is 0 Å². The third-order valence-electron chi connectivity index (χ3n) is 4.28. The molecule has 10 heteroatoms. The summed E-state index contributed by atoms with van der Waals surface area (Å²) in [5, 5.41) is 2.33. The van der Waals surface area contributed by atoms with Gasteiger partial charge in [-0.05, 0) is 36.4 Å². The van der Waals surface area contributed by atoms with Gasteiger partial charge in [0, 0.05) is 6.07 Å². The Bertz CT molecular complexity index is 1230. The summed E-state index contributed by atoms with van der Waals surface area (Å²) in [5.74, 6) is -0.798. The highest BCUT2D eigenvalue weighted by atomic mass is 35.5. The first-order valence-corrected chi connectivity index (χ1v) is 10.7. The number of amides is 1. The number of carbonyl (C=O) groups is 1. The molecule has 3 aromatic rings. The molecule has 0 atom stereocenters. The van der Waals surface area contributed by atoms with Crippen molar-refractivity contribution in [3.05, 3.63) is 77.1 Å². The van der Waals surface area contributed by atoms with Crippen molar-refractivity contribution in [1.82, 2.24) is 0 Å². The van der Waals surface area contributed by atoms with Gasteiger partial charge >= 0.3 is 0 Å². The van der Waals surface area contributed by atoms with Gasteiger partial charge in [0.1, 0.15) is 16.4 Å². The van der Waals surface area contributed by atoms with Crippen LogP contribution in [0.4, 0.5) is 15.8 Å². The third kappa shape index (κ3) is 4.89. The highest BCUT2D eigenvalue weighted by molar-refractivity contribution is 7.92. The van der Waals surface area contributed by atoms with Crippen LogP contribution in [0, 0.1) is 5.82 Å². The smallest absolute Gasteiger partial charge is 0.264 e. The molecule has 0 aliphatic heterocycles. The number of hydrogen-bond donors (Lipinski definition) is 2. The van der Waals surface area contributed by atoms with E-state index in [-0.39, 0.29) is 16.3 Å². The molecule has 0 unspecified atom stereocenters. The van der Waals surface area contributed by atoms with E-state index in [1.807, 2.05) is 0 Å². The minimum Gasteiger partial charge on any atom is -0.497 e. The minimum absolute atomic E-state index is 0.0198. The fourth-order valence-electron chi connectivity index (χ4n) is 2.75. The van der Waals surface area contributed by atoms with Crippen molar-refractivity contribution in [1.29, 1.82) is 0 Å². The number of halogens is 2. The zero-order chi connectivity index (χ0) is 22.6. The maximum atomic E-state index is 14.2. The van der Waals surface area contributed by atoms with E-state index >= 15 is 0 Å². The molecule has 162 valence electrons. The monoisotopic (exact) mass is 464 g/mol. The van der Waals surface area contributed by atoms with Gasteiger partial charge in [0.25, 0.3) is 15.9 Å². The van der Waals surface area contributed by atoms with Crippen molar-refractivity contribution in [3.63, 3.8) is 0 Å². The predicted octanol–water partition coefficient (Wildman–Crippen LogP) is 4.55. The second kappa shape index (κ2) is 9.23. The molecule has 2 N–H and O–H groups in total. The number of sulfonamides is 1. The fourth-order valence-corrected chi connectivity index (χ4v) is 4.16. The summed E-state index contributed by atoms with van der Waals surface area (Å²) in [6.45, 7) is 0. The van der Waals surface area contributed by atoms with Gasteiger partial charge in [0.05, 0.1) is 36.2 Å². The van der Waals surface area contributed by atoms with Crippen LogP contribution in [-0.2, 0) is 10.0 Å². The average Bonchev–Trinajstić information content (AvgIpc) is 2.75. The number of carbonyl (C=O) groups excluding carboxylic acids is 1. The molecular formula is C21H18ClFN2O5S. The van der Waals surface area contributed by atoms with Crippen LogP contribution in [0.15, 0.2) is 65.6 Å². The highest BCUT2D eigenvalue weighted by Gasteiger charge is 2.23. The maximum Gasteiger partial charge on any atom is 0.264 e. The first kappa shape index (κ1) is 22.4. The van der Waals surface area contributed by atoms with Crippen molar-refractivity contribution >= 4 is 38.9 Å². The highest BCUT2D eigenvalue weighted by Crippen LogP contribution is 2.30. The van der Waals surface area contributed by atoms with E-state index in [1.165, 1.54) is 44.6 Å². The second-order valence-corrected chi connectivity index (χ2v) is 8.28. The molecule has 0 fully saturated rings. The van der Waals surface area contributed by atoms with Gasteiger partial charge in [-0.25, -0.2) is 12.8 Å². The van der Waals surface area contributed by atoms with E-state index < -0.39 is 26.6 Å². The van der Waals surface area contributed by atoms with E-state index in [9.17, 15) is 17.6 Å². The molecule has 0 saturated heterocycles. The number of methoxy groups -OCH3 is 2. The zero-order valence-corrected chi connectivity index (χ0v) is 18.1. The summed E-state index contributed by atoms with van der Waals surface area (Å²) >= 11 is 5.69. The van der Waals surface area contributed by atoms with Crippen LogP contribution in [0.2, 0.25) is 5.02 Å². The van der Waals surface area contributed by atoms with E-state index in [2.05, 4.69) is 10.0 Å². The molecule has 0 aliphatic rings. The average molecular weight is 465 g/mol. The van der Waals surface area contributed by atoms with Gasteiger partial charge in [0.2, 0.25) is 0 Å². The van der Waals surface area contributed by atoms with Crippen molar-refractivity contribution < 1.29 is 27.1 Å². The molecule has 3 aromatic carbocycles. The van der Waals surface area contributed by atoms with Crippen molar-refractivity contribution in [3.8, 4) is 11.5 Å². The van der Waals surface area contributed by atoms with Crippen LogP contribution in [0.1, 0.15) is 10.4 Å². The molecule has 0 aromatic heterocycles. The number of hydrogen-bond acceptors (Lipinski definition) is 5. The molecule has 3 rings (SSSR count). The van der Waals surface area contributed by atoms with Crippen LogP contribution in [0.5, 0.6) is 11.5 Å². The molecule has 0 bridgehead atoms. The lowest BCUT2D eigenvalue weighted by molar-refractivity contribution is 0.102. The molecule has 0 spiro atoms. The van der Waals surface area contributed by atoms with Gasteiger partial charge < -0.3 is 14.8 Å². The Morgan fingerprint density at radius 3 is 2.42 bits per heavy atom. The molecule has 0 saturated carbocycles. The predicted molar refractivity (Wildman–Crippen MR) is 116 cm³/mol. The maximum absolute atomic E-state index is 14.2. The topological polar surface area (TPSA) is 93.7 Å². The molecule has 0 aliphatic carbocycles.